The lowest BCUT2D eigenvalue weighted by atomic mass is 10.1. The largest absolute Gasteiger partial charge is 0.293 e. The van der Waals surface area contributed by atoms with Gasteiger partial charge < -0.3 is 0 Å². The number of halogens is 5. The number of carbonyl (C=O) groups is 1. The molecule has 1 aromatic carbocycles. The van der Waals surface area contributed by atoms with Gasteiger partial charge >= 0.3 is 0 Å². The molecule has 1 nitrogen and oxygen atoms in total. The van der Waals surface area contributed by atoms with Gasteiger partial charge in [0.2, 0.25) is 5.82 Å². The number of hydrogen-bond acceptors (Lipinski definition) is 2. The molecular formula is C13H7F5OS. The zero-order valence-electron chi connectivity index (χ0n) is 10.1. The van der Waals surface area contributed by atoms with Crippen LogP contribution in [0.5, 0.6) is 0 Å². The molecule has 1 heterocycles. The summed E-state index contributed by atoms with van der Waals surface area (Å²) in [5.74, 6) is -10.3. The molecule has 1 aromatic heterocycles. The Morgan fingerprint density at radius 1 is 0.950 bits per heavy atom. The van der Waals surface area contributed by atoms with E-state index in [1.807, 2.05) is 0 Å². The van der Waals surface area contributed by atoms with Crippen LogP contribution in [0.25, 0.3) is 10.4 Å². The maximum atomic E-state index is 13.6. The molecule has 0 saturated heterocycles. The molecule has 0 fully saturated rings. The van der Waals surface area contributed by atoms with Gasteiger partial charge in [-0.15, -0.1) is 11.3 Å². The number of Topliss-reactive ketones (excluding diaryl/α,β-unsaturated/α-hetero) is 1. The normalized spacial score (nSPS) is 10.9. The Hall–Kier alpha value is -1.76. The molecule has 0 spiro atoms. The van der Waals surface area contributed by atoms with E-state index in [1.165, 1.54) is 6.07 Å². The lowest BCUT2D eigenvalue weighted by molar-refractivity contribution is 0.0992. The zero-order valence-corrected chi connectivity index (χ0v) is 10.9. The summed E-state index contributed by atoms with van der Waals surface area (Å²) < 4.78 is 66.3. The van der Waals surface area contributed by atoms with Crippen molar-refractivity contribution >= 4 is 17.1 Å². The van der Waals surface area contributed by atoms with Crippen molar-refractivity contribution < 1.29 is 26.7 Å². The maximum absolute atomic E-state index is 13.6. The van der Waals surface area contributed by atoms with Crippen LogP contribution in [0.4, 0.5) is 22.0 Å². The van der Waals surface area contributed by atoms with Gasteiger partial charge in [-0.25, -0.2) is 22.0 Å². The van der Waals surface area contributed by atoms with E-state index >= 15 is 0 Å². The van der Waals surface area contributed by atoms with Crippen LogP contribution in [0, 0.1) is 29.1 Å². The van der Waals surface area contributed by atoms with E-state index in [2.05, 4.69) is 0 Å². The van der Waals surface area contributed by atoms with Crippen molar-refractivity contribution in [1.29, 1.82) is 0 Å². The molecule has 0 radical (unpaired) electrons. The standard InChI is InChI=1S/C13H7F5OS/c1-2-5(19)6-3-4-7(20-6)8-9(14)11(16)13(18)12(17)10(8)15/h3-4H,2H2,1H3. The minimum absolute atomic E-state index is 0.178. The van der Waals surface area contributed by atoms with Crippen molar-refractivity contribution in [2.45, 2.75) is 13.3 Å². The summed E-state index contributed by atoms with van der Waals surface area (Å²) in [5.41, 5.74) is -1.01. The molecule has 0 amide bonds. The molecule has 0 unspecified atom stereocenters. The molecule has 20 heavy (non-hydrogen) atoms. The Morgan fingerprint density at radius 3 is 1.95 bits per heavy atom. The summed E-state index contributed by atoms with van der Waals surface area (Å²) in [6, 6.07) is 2.45. The smallest absolute Gasteiger partial charge is 0.200 e. The predicted molar refractivity (Wildman–Crippen MR) is 64.2 cm³/mol. The fourth-order valence-electron chi connectivity index (χ4n) is 1.62. The monoisotopic (exact) mass is 306 g/mol. The first-order valence-corrected chi connectivity index (χ1v) is 6.35. The number of hydrogen-bond donors (Lipinski definition) is 0. The van der Waals surface area contributed by atoms with Crippen LogP contribution in [0.1, 0.15) is 23.0 Å². The van der Waals surface area contributed by atoms with Gasteiger partial charge in [0.1, 0.15) is 0 Å². The fraction of sp³-hybridized carbons (Fsp3) is 0.154. The van der Waals surface area contributed by atoms with E-state index in [9.17, 15) is 26.7 Å². The number of ketones is 1. The third-order valence-electron chi connectivity index (χ3n) is 2.66. The van der Waals surface area contributed by atoms with Crippen molar-refractivity contribution in [3.63, 3.8) is 0 Å². The molecule has 7 heteroatoms. The highest BCUT2D eigenvalue weighted by atomic mass is 32.1. The summed E-state index contributed by atoms with van der Waals surface area (Å²) in [5, 5.41) is 0. The fourth-order valence-corrected chi connectivity index (χ4v) is 2.67. The van der Waals surface area contributed by atoms with Crippen LogP contribution in [-0.2, 0) is 0 Å². The van der Waals surface area contributed by atoms with Gasteiger partial charge in [-0.05, 0) is 12.1 Å². The third kappa shape index (κ3) is 2.22. The first-order chi connectivity index (χ1) is 9.38. The molecule has 0 bridgehead atoms. The van der Waals surface area contributed by atoms with Crippen molar-refractivity contribution in [2.24, 2.45) is 0 Å². The Bertz CT molecular complexity index is 663. The Balaban J connectivity index is 2.64. The molecule has 0 saturated carbocycles. The molecule has 0 atom stereocenters. The number of thiophene rings is 1. The topological polar surface area (TPSA) is 17.1 Å². The lowest BCUT2D eigenvalue weighted by Gasteiger charge is -2.06. The minimum atomic E-state index is -2.20. The van der Waals surface area contributed by atoms with E-state index in [0.717, 1.165) is 6.07 Å². The second-order valence-corrected chi connectivity index (χ2v) is 4.97. The van der Waals surface area contributed by atoms with E-state index in [4.69, 9.17) is 0 Å². The second-order valence-electron chi connectivity index (χ2n) is 3.89. The van der Waals surface area contributed by atoms with Crippen LogP contribution < -0.4 is 0 Å². The molecule has 2 rings (SSSR count). The molecule has 0 N–H and O–H groups in total. The minimum Gasteiger partial charge on any atom is -0.293 e. The Morgan fingerprint density at radius 2 is 1.45 bits per heavy atom. The summed E-state index contributed by atoms with van der Waals surface area (Å²) >= 11 is 0.685. The van der Waals surface area contributed by atoms with Crippen molar-refractivity contribution in [2.75, 3.05) is 0 Å². The van der Waals surface area contributed by atoms with Crippen molar-refractivity contribution in [3.05, 3.63) is 46.1 Å². The SMILES string of the molecule is CCC(=O)c1ccc(-c2c(F)c(F)c(F)c(F)c2F)s1. The number of benzene rings is 1. The average molecular weight is 306 g/mol. The van der Waals surface area contributed by atoms with E-state index in [0.29, 0.717) is 11.3 Å². The van der Waals surface area contributed by atoms with Crippen LogP contribution in [0.15, 0.2) is 12.1 Å². The van der Waals surface area contributed by atoms with Gasteiger partial charge in [0.15, 0.2) is 29.1 Å². The van der Waals surface area contributed by atoms with Gasteiger partial charge in [0.05, 0.1) is 10.4 Å². The van der Waals surface area contributed by atoms with Crippen molar-refractivity contribution in [1.82, 2.24) is 0 Å². The molecule has 2 aromatic rings. The van der Waals surface area contributed by atoms with Gasteiger partial charge in [-0.1, -0.05) is 6.92 Å². The zero-order chi connectivity index (χ0) is 15.0. The number of carbonyl (C=O) groups excluding carboxylic acids is 1. The van der Waals surface area contributed by atoms with E-state index in [1.54, 1.807) is 6.92 Å². The molecule has 0 aliphatic rings. The number of rotatable bonds is 3. The van der Waals surface area contributed by atoms with Crippen LogP contribution >= 0.6 is 11.3 Å². The molecule has 0 aliphatic carbocycles. The molecular weight excluding hydrogens is 299 g/mol. The summed E-state index contributed by atoms with van der Waals surface area (Å²) in [7, 11) is 0. The maximum Gasteiger partial charge on any atom is 0.200 e. The molecule has 106 valence electrons. The summed E-state index contributed by atoms with van der Waals surface area (Å²) in [6.07, 6.45) is 0.178. The first-order valence-electron chi connectivity index (χ1n) is 5.53. The second kappa shape index (κ2) is 5.32. The quantitative estimate of drug-likeness (QED) is 0.347. The van der Waals surface area contributed by atoms with E-state index < -0.39 is 34.6 Å². The third-order valence-corrected chi connectivity index (χ3v) is 3.80. The van der Waals surface area contributed by atoms with Crippen molar-refractivity contribution in [3.8, 4) is 10.4 Å². The van der Waals surface area contributed by atoms with E-state index in [-0.39, 0.29) is 22.0 Å². The highest BCUT2D eigenvalue weighted by Gasteiger charge is 2.27. The van der Waals surface area contributed by atoms with Crippen LogP contribution in [0.2, 0.25) is 0 Å². The Kier molecular flexibility index (Phi) is 3.89. The van der Waals surface area contributed by atoms with Crippen LogP contribution in [-0.4, -0.2) is 5.78 Å². The highest BCUT2D eigenvalue weighted by Crippen LogP contribution is 2.35. The van der Waals surface area contributed by atoms with Crippen LogP contribution in [0.3, 0.4) is 0 Å². The lowest BCUT2D eigenvalue weighted by Crippen LogP contribution is -2.03. The summed E-state index contributed by atoms with van der Waals surface area (Å²) in [4.78, 5) is 11.4. The first kappa shape index (κ1) is 14.6. The van der Waals surface area contributed by atoms with Gasteiger partial charge in [0, 0.05) is 11.3 Å². The van der Waals surface area contributed by atoms with Gasteiger partial charge in [0.25, 0.3) is 0 Å². The van der Waals surface area contributed by atoms with Gasteiger partial charge in [-0.3, -0.25) is 4.79 Å². The van der Waals surface area contributed by atoms with Gasteiger partial charge in [-0.2, -0.15) is 0 Å². The molecule has 0 aliphatic heterocycles. The Labute approximate surface area is 114 Å². The highest BCUT2D eigenvalue weighted by molar-refractivity contribution is 7.17. The average Bonchev–Trinajstić information content (AvgIpc) is 2.92. The summed E-state index contributed by atoms with van der Waals surface area (Å²) in [6.45, 7) is 1.60. The predicted octanol–water partition coefficient (Wildman–Crippen LogP) is 4.70.